The van der Waals surface area contributed by atoms with Crippen LogP contribution in [0.4, 0.5) is 5.69 Å². The number of halogens is 1. The lowest BCUT2D eigenvalue weighted by molar-refractivity contribution is 0.102. The SMILES string of the molecule is CCC(C)c1ccc(NC(=O)c2cc(S(=O)(=O)NC(C)C)ccc2Cl)cc1. The van der Waals surface area contributed by atoms with Crippen LogP contribution < -0.4 is 10.0 Å². The maximum Gasteiger partial charge on any atom is 0.257 e. The van der Waals surface area contributed by atoms with Crippen LogP contribution in [0.25, 0.3) is 0 Å². The van der Waals surface area contributed by atoms with Gasteiger partial charge in [-0.2, -0.15) is 0 Å². The molecule has 0 saturated heterocycles. The van der Waals surface area contributed by atoms with Crippen LogP contribution in [0.2, 0.25) is 5.02 Å². The summed E-state index contributed by atoms with van der Waals surface area (Å²) in [4.78, 5) is 12.6. The Hall–Kier alpha value is -1.89. The molecule has 0 radical (unpaired) electrons. The smallest absolute Gasteiger partial charge is 0.257 e. The van der Waals surface area contributed by atoms with Gasteiger partial charge in [-0.15, -0.1) is 0 Å². The highest BCUT2D eigenvalue weighted by Gasteiger charge is 2.19. The third-order valence-corrected chi connectivity index (χ3v) is 6.22. The summed E-state index contributed by atoms with van der Waals surface area (Å²) in [5, 5.41) is 2.95. The predicted octanol–water partition coefficient (Wildman–Crippen LogP) is 4.79. The standard InChI is InChI=1S/C20H25ClN2O3S/c1-5-14(4)15-6-8-16(9-7-15)22-20(24)18-12-17(10-11-19(18)21)27(25,26)23-13(2)3/h6-14,23H,5H2,1-4H3,(H,22,24). The van der Waals surface area contributed by atoms with Gasteiger partial charge in [0.15, 0.2) is 0 Å². The molecular weight excluding hydrogens is 384 g/mol. The molecule has 2 aromatic rings. The number of benzene rings is 2. The molecule has 0 aliphatic carbocycles. The van der Waals surface area contributed by atoms with Gasteiger partial charge in [0.05, 0.1) is 15.5 Å². The van der Waals surface area contributed by atoms with Crippen molar-refractivity contribution in [3.63, 3.8) is 0 Å². The number of nitrogens with one attached hydrogen (secondary N) is 2. The molecule has 1 amide bonds. The van der Waals surface area contributed by atoms with Crippen molar-refractivity contribution in [3.05, 3.63) is 58.6 Å². The monoisotopic (exact) mass is 408 g/mol. The summed E-state index contributed by atoms with van der Waals surface area (Å²) >= 11 is 6.12. The zero-order valence-corrected chi connectivity index (χ0v) is 17.5. The molecule has 0 spiro atoms. The lowest BCUT2D eigenvalue weighted by Gasteiger charge is -2.13. The number of hydrogen-bond acceptors (Lipinski definition) is 3. The molecule has 1 unspecified atom stereocenters. The second-order valence-electron chi connectivity index (χ2n) is 6.80. The molecule has 0 aromatic heterocycles. The van der Waals surface area contributed by atoms with E-state index in [1.807, 2.05) is 24.3 Å². The second-order valence-corrected chi connectivity index (χ2v) is 8.92. The van der Waals surface area contributed by atoms with Crippen LogP contribution >= 0.6 is 11.6 Å². The minimum atomic E-state index is -3.71. The van der Waals surface area contributed by atoms with Gasteiger partial charge in [0.25, 0.3) is 5.91 Å². The Morgan fingerprint density at radius 3 is 2.26 bits per heavy atom. The molecule has 0 fully saturated rings. The van der Waals surface area contributed by atoms with E-state index in [2.05, 4.69) is 23.9 Å². The molecule has 7 heteroatoms. The van der Waals surface area contributed by atoms with Gasteiger partial charge in [-0.1, -0.05) is 37.6 Å². The summed E-state index contributed by atoms with van der Waals surface area (Å²) in [5.41, 5.74) is 1.92. The van der Waals surface area contributed by atoms with Gasteiger partial charge in [0.1, 0.15) is 0 Å². The molecule has 0 aliphatic heterocycles. The van der Waals surface area contributed by atoms with E-state index in [1.165, 1.54) is 23.8 Å². The van der Waals surface area contributed by atoms with E-state index in [9.17, 15) is 13.2 Å². The molecule has 1 atom stereocenters. The van der Waals surface area contributed by atoms with E-state index in [0.717, 1.165) is 6.42 Å². The topological polar surface area (TPSA) is 75.3 Å². The minimum Gasteiger partial charge on any atom is -0.322 e. The zero-order chi connectivity index (χ0) is 20.2. The van der Waals surface area contributed by atoms with Crippen LogP contribution in [0.3, 0.4) is 0 Å². The zero-order valence-electron chi connectivity index (χ0n) is 15.9. The van der Waals surface area contributed by atoms with Crippen molar-refractivity contribution in [2.75, 3.05) is 5.32 Å². The first kappa shape index (κ1) is 21.4. The first-order valence-corrected chi connectivity index (χ1v) is 10.7. The van der Waals surface area contributed by atoms with Crippen LogP contribution in [0, 0.1) is 0 Å². The summed E-state index contributed by atoms with van der Waals surface area (Å²) in [6, 6.07) is 11.4. The Kier molecular flexibility index (Phi) is 7.03. The maximum atomic E-state index is 12.6. The summed E-state index contributed by atoms with van der Waals surface area (Å²) in [6.45, 7) is 7.72. The third kappa shape index (κ3) is 5.54. The first-order chi connectivity index (χ1) is 12.6. The van der Waals surface area contributed by atoms with Crippen molar-refractivity contribution in [3.8, 4) is 0 Å². The van der Waals surface area contributed by atoms with Gasteiger partial charge in [0, 0.05) is 11.7 Å². The molecule has 0 aliphatic rings. The molecule has 2 rings (SSSR count). The van der Waals surface area contributed by atoms with Crippen molar-refractivity contribution in [1.82, 2.24) is 4.72 Å². The molecule has 5 nitrogen and oxygen atoms in total. The number of sulfonamides is 1. The normalized spacial score (nSPS) is 12.8. The Labute approximate surface area is 166 Å². The Balaban J connectivity index is 2.24. The van der Waals surface area contributed by atoms with Gasteiger partial charge in [-0.25, -0.2) is 13.1 Å². The van der Waals surface area contributed by atoms with Crippen LogP contribution in [0.15, 0.2) is 47.4 Å². The molecule has 2 aromatic carbocycles. The molecule has 0 saturated carbocycles. The molecule has 146 valence electrons. The molecule has 0 heterocycles. The summed E-state index contributed by atoms with van der Waals surface area (Å²) < 4.78 is 27.2. The van der Waals surface area contributed by atoms with Crippen LogP contribution in [-0.2, 0) is 10.0 Å². The van der Waals surface area contributed by atoms with Crippen molar-refractivity contribution >= 4 is 33.2 Å². The molecule has 27 heavy (non-hydrogen) atoms. The summed E-state index contributed by atoms with van der Waals surface area (Å²) in [6.07, 6.45) is 1.03. The maximum absolute atomic E-state index is 12.6. The number of rotatable bonds is 7. The van der Waals surface area contributed by atoms with Crippen LogP contribution in [0.1, 0.15) is 56.0 Å². The van der Waals surface area contributed by atoms with E-state index < -0.39 is 15.9 Å². The van der Waals surface area contributed by atoms with Gasteiger partial charge in [-0.3, -0.25) is 4.79 Å². The second kappa shape index (κ2) is 8.87. The number of hydrogen-bond donors (Lipinski definition) is 2. The van der Waals surface area contributed by atoms with Crippen molar-refractivity contribution in [1.29, 1.82) is 0 Å². The Morgan fingerprint density at radius 1 is 1.07 bits per heavy atom. The number of carbonyl (C=O) groups is 1. The van der Waals surface area contributed by atoms with Crippen molar-refractivity contribution in [2.45, 2.75) is 51.0 Å². The van der Waals surface area contributed by atoms with E-state index >= 15 is 0 Å². The molecule has 2 N–H and O–H groups in total. The average molecular weight is 409 g/mol. The van der Waals surface area contributed by atoms with Crippen LogP contribution in [0.5, 0.6) is 0 Å². The summed E-state index contributed by atoms with van der Waals surface area (Å²) in [7, 11) is -3.71. The molecular formula is C20H25ClN2O3S. The highest BCUT2D eigenvalue weighted by molar-refractivity contribution is 7.89. The van der Waals surface area contributed by atoms with Gasteiger partial charge in [-0.05, 0) is 62.1 Å². The number of amides is 1. The van der Waals surface area contributed by atoms with Crippen LogP contribution in [-0.4, -0.2) is 20.4 Å². The lowest BCUT2D eigenvalue weighted by Crippen LogP contribution is -2.30. The van der Waals surface area contributed by atoms with E-state index in [0.29, 0.717) is 11.6 Å². The quantitative estimate of drug-likeness (QED) is 0.691. The van der Waals surface area contributed by atoms with E-state index in [1.54, 1.807) is 13.8 Å². The largest absolute Gasteiger partial charge is 0.322 e. The van der Waals surface area contributed by atoms with Crippen molar-refractivity contribution in [2.24, 2.45) is 0 Å². The highest BCUT2D eigenvalue weighted by Crippen LogP contribution is 2.24. The Bertz CT molecular complexity index is 909. The summed E-state index contributed by atoms with van der Waals surface area (Å²) in [5.74, 6) is -0.0163. The van der Waals surface area contributed by atoms with Gasteiger partial charge in [0.2, 0.25) is 10.0 Å². The number of carbonyl (C=O) groups excluding carboxylic acids is 1. The average Bonchev–Trinajstić information content (AvgIpc) is 2.60. The lowest BCUT2D eigenvalue weighted by atomic mass is 9.98. The van der Waals surface area contributed by atoms with E-state index in [4.69, 9.17) is 11.6 Å². The molecule has 0 bridgehead atoms. The Morgan fingerprint density at radius 2 is 1.70 bits per heavy atom. The minimum absolute atomic E-state index is 0.00197. The van der Waals surface area contributed by atoms with Crippen molar-refractivity contribution < 1.29 is 13.2 Å². The predicted molar refractivity (Wildman–Crippen MR) is 110 cm³/mol. The van der Waals surface area contributed by atoms with E-state index in [-0.39, 0.29) is 21.5 Å². The van der Waals surface area contributed by atoms with Gasteiger partial charge >= 0.3 is 0 Å². The highest BCUT2D eigenvalue weighted by atomic mass is 35.5. The van der Waals surface area contributed by atoms with Gasteiger partial charge < -0.3 is 5.32 Å². The first-order valence-electron chi connectivity index (χ1n) is 8.87. The fourth-order valence-electron chi connectivity index (χ4n) is 2.55. The number of anilines is 1. The fourth-order valence-corrected chi connectivity index (χ4v) is 4.03. The fraction of sp³-hybridized carbons (Fsp3) is 0.350. The third-order valence-electron chi connectivity index (χ3n) is 4.23.